The van der Waals surface area contributed by atoms with E-state index >= 15 is 0 Å². The first kappa shape index (κ1) is 19.9. The van der Waals surface area contributed by atoms with E-state index in [0.717, 1.165) is 0 Å². The minimum Gasteiger partial charge on any atom is -0.492 e. The topological polar surface area (TPSA) is 93.7 Å². The first-order valence-electron chi connectivity index (χ1n) is 8.09. The smallest absolute Gasteiger partial charge is 0.255 e. The molecule has 26 heavy (non-hydrogen) atoms. The molecule has 2 N–H and O–H groups in total. The van der Waals surface area contributed by atoms with Crippen molar-refractivity contribution >= 4 is 21.6 Å². The van der Waals surface area contributed by atoms with Gasteiger partial charge in [-0.15, -0.1) is 0 Å². The van der Waals surface area contributed by atoms with E-state index in [0.29, 0.717) is 23.6 Å². The zero-order valence-electron chi connectivity index (χ0n) is 14.7. The Morgan fingerprint density at radius 1 is 1.08 bits per heavy atom. The highest BCUT2D eigenvalue weighted by molar-refractivity contribution is 7.89. The van der Waals surface area contributed by atoms with Gasteiger partial charge in [-0.2, -0.15) is 0 Å². The molecule has 0 aliphatic rings. The number of rotatable bonds is 9. The first-order valence-corrected chi connectivity index (χ1v) is 9.58. The fourth-order valence-electron chi connectivity index (χ4n) is 2.19. The average Bonchev–Trinajstić information content (AvgIpc) is 2.64. The number of anilines is 1. The van der Waals surface area contributed by atoms with Crippen molar-refractivity contribution in [1.82, 2.24) is 4.72 Å². The Balaban J connectivity index is 2.09. The van der Waals surface area contributed by atoms with Crippen LogP contribution >= 0.6 is 0 Å². The third kappa shape index (κ3) is 5.29. The molecule has 7 nitrogen and oxygen atoms in total. The van der Waals surface area contributed by atoms with Crippen molar-refractivity contribution in [2.75, 3.05) is 32.2 Å². The molecule has 140 valence electrons. The van der Waals surface area contributed by atoms with Crippen LogP contribution in [0.1, 0.15) is 17.3 Å². The highest BCUT2D eigenvalue weighted by atomic mass is 32.2. The van der Waals surface area contributed by atoms with Crippen LogP contribution in [0.4, 0.5) is 5.69 Å². The van der Waals surface area contributed by atoms with Crippen LogP contribution in [0.3, 0.4) is 0 Å². The van der Waals surface area contributed by atoms with Gasteiger partial charge < -0.3 is 14.8 Å². The van der Waals surface area contributed by atoms with Gasteiger partial charge in [-0.05, 0) is 43.3 Å². The van der Waals surface area contributed by atoms with E-state index < -0.39 is 10.0 Å². The molecule has 0 atom stereocenters. The lowest BCUT2D eigenvalue weighted by molar-refractivity contribution is 0.102. The molecule has 0 saturated carbocycles. The van der Waals surface area contributed by atoms with Gasteiger partial charge in [0.25, 0.3) is 5.91 Å². The van der Waals surface area contributed by atoms with Gasteiger partial charge in [0.2, 0.25) is 10.0 Å². The van der Waals surface area contributed by atoms with Crippen molar-refractivity contribution in [3.8, 4) is 5.75 Å². The number of para-hydroxylation sites is 2. The third-order valence-corrected chi connectivity index (χ3v) is 4.94. The second kappa shape index (κ2) is 9.33. The number of hydrogen-bond donors (Lipinski definition) is 2. The van der Waals surface area contributed by atoms with Gasteiger partial charge in [-0.25, -0.2) is 13.1 Å². The van der Waals surface area contributed by atoms with Crippen LogP contribution < -0.4 is 14.8 Å². The van der Waals surface area contributed by atoms with Gasteiger partial charge >= 0.3 is 0 Å². The second-order valence-electron chi connectivity index (χ2n) is 5.30. The zero-order chi connectivity index (χ0) is 19.0. The zero-order valence-corrected chi connectivity index (χ0v) is 15.5. The molecule has 0 spiro atoms. The monoisotopic (exact) mass is 378 g/mol. The number of sulfonamides is 1. The Labute approximate surface area is 153 Å². The molecule has 0 fully saturated rings. The summed E-state index contributed by atoms with van der Waals surface area (Å²) in [6.07, 6.45) is 0. The summed E-state index contributed by atoms with van der Waals surface area (Å²) >= 11 is 0. The number of hydrogen-bond acceptors (Lipinski definition) is 5. The van der Waals surface area contributed by atoms with Gasteiger partial charge in [-0.1, -0.05) is 12.1 Å². The van der Waals surface area contributed by atoms with E-state index in [1.54, 1.807) is 18.2 Å². The molecule has 0 aromatic heterocycles. The van der Waals surface area contributed by atoms with Crippen molar-refractivity contribution in [3.63, 3.8) is 0 Å². The predicted octanol–water partition coefficient (Wildman–Crippen LogP) is 2.26. The van der Waals surface area contributed by atoms with E-state index in [-0.39, 0.29) is 24.0 Å². The van der Waals surface area contributed by atoms with Crippen molar-refractivity contribution in [2.24, 2.45) is 0 Å². The van der Waals surface area contributed by atoms with Crippen LogP contribution in [0.25, 0.3) is 0 Å². The number of amides is 1. The normalized spacial score (nSPS) is 11.2. The average molecular weight is 378 g/mol. The number of methoxy groups -OCH3 is 1. The number of ether oxygens (including phenoxy) is 2. The maximum atomic E-state index is 12.4. The Bertz CT molecular complexity index is 835. The fourth-order valence-corrected chi connectivity index (χ4v) is 3.21. The molecule has 0 aliphatic heterocycles. The molecule has 2 aromatic rings. The summed E-state index contributed by atoms with van der Waals surface area (Å²) in [5, 5.41) is 2.77. The largest absolute Gasteiger partial charge is 0.492 e. The van der Waals surface area contributed by atoms with Crippen molar-refractivity contribution in [1.29, 1.82) is 0 Å². The van der Waals surface area contributed by atoms with Gasteiger partial charge in [0, 0.05) is 19.2 Å². The number of carbonyl (C=O) groups is 1. The lowest BCUT2D eigenvalue weighted by Crippen LogP contribution is -2.27. The van der Waals surface area contributed by atoms with E-state index in [2.05, 4.69) is 10.0 Å². The second-order valence-corrected chi connectivity index (χ2v) is 7.07. The van der Waals surface area contributed by atoms with E-state index in [1.807, 2.05) is 13.0 Å². The summed E-state index contributed by atoms with van der Waals surface area (Å²) < 4.78 is 36.9. The number of nitrogens with one attached hydrogen (secondary N) is 2. The lowest BCUT2D eigenvalue weighted by atomic mass is 10.2. The van der Waals surface area contributed by atoms with Crippen LogP contribution in [0.15, 0.2) is 53.4 Å². The van der Waals surface area contributed by atoms with E-state index in [9.17, 15) is 13.2 Å². The minimum absolute atomic E-state index is 0.0832. The Kier molecular flexibility index (Phi) is 7.14. The molecule has 0 aliphatic carbocycles. The van der Waals surface area contributed by atoms with Crippen LogP contribution in [0, 0.1) is 0 Å². The highest BCUT2D eigenvalue weighted by Crippen LogP contribution is 2.24. The molecule has 0 heterocycles. The maximum Gasteiger partial charge on any atom is 0.255 e. The van der Waals surface area contributed by atoms with Gasteiger partial charge in [0.15, 0.2) is 0 Å². The first-order chi connectivity index (χ1) is 12.5. The quantitative estimate of drug-likeness (QED) is 0.653. The minimum atomic E-state index is -3.63. The standard InChI is InChI=1S/C18H22N2O5S/c1-3-25-17-7-5-4-6-16(17)20-18(21)14-8-10-15(11-9-14)26(22,23)19-12-13-24-2/h4-11,19H,3,12-13H2,1-2H3,(H,20,21). The van der Waals surface area contributed by atoms with Crippen LogP contribution in [0.2, 0.25) is 0 Å². The van der Waals surface area contributed by atoms with Gasteiger partial charge in [0.05, 0.1) is 23.8 Å². The maximum absolute atomic E-state index is 12.4. The van der Waals surface area contributed by atoms with Crippen LogP contribution in [-0.2, 0) is 14.8 Å². The Morgan fingerprint density at radius 3 is 2.42 bits per heavy atom. The Hall–Kier alpha value is -2.42. The molecule has 2 aromatic carbocycles. The molecule has 0 radical (unpaired) electrons. The molecule has 8 heteroatoms. The molecular weight excluding hydrogens is 356 g/mol. The summed E-state index contributed by atoms with van der Waals surface area (Å²) in [4.78, 5) is 12.5. The summed E-state index contributed by atoms with van der Waals surface area (Å²) in [7, 11) is -2.14. The van der Waals surface area contributed by atoms with Crippen LogP contribution in [-0.4, -0.2) is 41.2 Å². The molecule has 2 rings (SSSR count). The summed E-state index contributed by atoms with van der Waals surface area (Å²) in [6.45, 7) is 2.79. The SMILES string of the molecule is CCOc1ccccc1NC(=O)c1ccc(S(=O)(=O)NCCOC)cc1. The van der Waals surface area contributed by atoms with Gasteiger partial charge in [-0.3, -0.25) is 4.79 Å². The summed E-state index contributed by atoms with van der Waals surface area (Å²) in [5.41, 5.74) is 0.893. The third-order valence-electron chi connectivity index (χ3n) is 3.46. The van der Waals surface area contributed by atoms with Crippen molar-refractivity contribution < 1.29 is 22.7 Å². The predicted molar refractivity (Wildman–Crippen MR) is 99.1 cm³/mol. The molecule has 1 amide bonds. The summed E-state index contributed by atoms with van der Waals surface area (Å²) in [5.74, 6) is 0.221. The van der Waals surface area contributed by atoms with Crippen molar-refractivity contribution in [2.45, 2.75) is 11.8 Å². The fraction of sp³-hybridized carbons (Fsp3) is 0.278. The van der Waals surface area contributed by atoms with Gasteiger partial charge in [0.1, 0.15) is 5.75 Å². The van der Waals surface area contributed by atoms with Crippen LogP contribution in [0.5, 0.6) is 5.75 Å². The highest BCUT2D eigenvalue weighted by Gasteiger charge is 2.15. The number of benzene rings is 2. The molecule has 0 unspecified atom stereocenters. The summed E-state index contributed by atoms with van der Waals surface area (Å²) in [6, 6.07) is 12.8. The van der Waals surface area contributed by atoms with Crippen molar-refractivity contribution in [3.05, 3.63) is 54.1 Å². The molecule has 0 saturated heterocycles. The van der Waals surface area contributed by atoms with E-state index in [1.165, 1.54) is 31.4 Å². The lowest BCUT2D eigenvalue weighted by Gasteiger charge is -2.11. The Morgan fingerprint density at radius 2 is 1.77 bits per heavy atom. The number of carbonyl (C=O) groups excluding carboxylic acids is 1. The van der Waals surface area contributed by atoms with E-state index in [4.69, 9.17) is 9.47 Å². The molecule has 0 bridgehead atoms. The molecular formula is C18H22N2O5S.